The van der Waals surface area contributed by atoms with Gasteiger partial charge in [-0.25, -0.2) is 17.9 Å². The number of halogens is 3. The van der Waals surface area contributed by atoms with Crippen molar-refractivity contribution in [2.75, 3.05) is 5.73 Å². The Morgan fingerprint density at radius 1 is 1.27 bits per heavy atom. The summed E-state index contributed by atoms with van der Waals surface area (Å²) in [5.74, 6) is 0. The summed E-state index contributed by atoms with van der Waals surface area (Å²) in [5, 5.41) is 4.22. The predicted molar refractivity (Wildman–Crippen MR) is 50.3 cm³/mol. The first-order valence-corrected chi connectivity index (χ1v) is 4.24. The second-order valence-electron chi connectivity index (χ2n) is 3.13. The van der Waals surface area contributed by atoms with Gasteiger partial charge in [0.1, 0.15) is 0 Å². The standard InChI is InChI=1S/C9H8F3N3/c10-8(11)9(12)15-4-5-3-6(13)1-2-7(5)14-15/h1-4,8-9H,13H2. The van der Waals surface area contributed by atoms with E-state index in [1.54, 1.807) is 18.2 Å². The summed E-state index contributed by atoms with van der Waals surface area (Å²) in [6.45, 7) is 0. The number of fused-ring (bicyclic) bond motifs is 1. The number of aromatic nitrogens is 2. The molecule has 0 radical (unpaired) electrons. The number of nitrogens with zero attached hydrogens (tertiary/aromatic N) is 2. The van der Waals surface area contributed by atoms with Crippen molar-refractivity contribution in [1.29, 1.82) is 0 Å². The van der Waals surface area contributed by atoms with Crippen molar-refractivity contribution in [3.8, 4) is 0 Å². The van der Waals surface area contributed by atoms with Crippen molar-refractivity contribution in [2.45, 2.75) is 12.7 Å². The van der Waals surface area contributed by atoms with Crippen molar-refractivity contribution >= 4 is 16.6 Å². The fraction of sp³-hybridized carbons (Fsp3) is 0.222. The zero-order valence-electron chi connectivity index (χ0n) is 7.57. The van der Waals surface area contributed by atoms with Crippen LogP contribution in [0.5, 0.6) is 0 Å². The molecule has 1 aromatic carbocycles. The molecule has 2 aromatic rings. The molecule has 1 atom stereocenters. The number of rotatable bonds is 2. The summed E-state index contributed by atoms with van der Waals surface area (Å²) < 4.78 is 37.6. The first-order chi connectivity index (χ1) is 7.08. The van der Waals surface area contributed by atoms with E-state index in [4.69, 9.17) is 5.73 Å². The fourth-order valence-corrected chi connectivity index (χ4v) is 1.31. The predicted octanol–water partition coefficient (Wildman–Crippen LogP) is 2.35. The maximum atomic E-state index is 12.9. The molecule has 2 rings (SSSR count). The molecule has 0 aliphatic heterocycles. The highest BCUT2D eigenvalue weighted by Crippen LogP contribution is 2.22. The smallest absolute Gasteiger partial charge is 0.289 e. The Labute approximate surface area is 83.3 Å². The zero-order valence-corrected chi connectivity index (χ0v) is 7.57. The Hall–Kier alpha value is -1.72. The molecule has 0 saturated heterocycles. The monoisotopic (exact) mass is 215 g/mol. The van der Waals surface area contributed by atoms with Gasteiger partial charge in [0.2, 0.25) is 0 Å². The minimum atomic E-state index is -3.09. The van der Waals surface area contributed by atoms with Crippen LogP contribution < -0.4 is 5.73 Å². The molecule has 0 aliphatic carbocycles. The molecule has 6 heteroatoms. The van der Waals surface area contributed by atoms with Crippen molar-refractivity contribution in [3.63, 3.8) is 0 Å². The number of hydrogen-bond acceptors (Lipinski definition) is 2. The van der Waals surface area contributed by atoms with E-state index in [0.717, 1.165) is 0 Å². The molecule has 0 aliphatic rings. The topological polar surface area (TPSA) is 43.8 Å². The highest BCUT2D eigenvalue weighted by molar-refractivity contribution is 5.81. The first-order valence-electron chi connectivity index (χ1n) is 4.24. The van der Waals surface area contributed by atoms with Crippen molar-refractivity contribution < 1.29 is 13.2 Å². The Morgan fingerprint density at radius 3 is 2.67 bits per heavy atom. The molecular weight excluding hydrogens is 207 g/mol. The van der Waals surface area contributed by atoms with Gasteiger partial charge >= 0.3 is 0 Å². The van der Waals surface area contributed by atoms with Crippen LogP contribution in [0, 0.1) is 0 Å². The van der Waals surface area contributed by atoms with Crippen molar-refractivity contribution in [3.05, 3.63) is 24.4 Å². The summed E-state index contributed by atoms with van der Waals surface area (Å²) in [6, 6.07) is 4.69. The van der Waals surface area contributed by atoms with Crippen LogP contribution in [0.15, 0.2) is 24.4 Å². The lowest BCUT2D eigenvalue weighted by Crippen LogP contribution is -2.12. The number of nitrogens with two attached hydrogens (primary N) is 1. The van der Waals surface area contributed by atoms with Gasteiger partial charge in [0, 0.05) is 17.3 Å². The van der Waals surface area contributed by atoms with Gasteiger partial charge in [0.05, 0.1) is 5.52 Å². The summed E-state index contributed by atoms with van der Waals surface area (Å²) in [6.07, 6.45) is -4.29. The SMILES string of the molecule is Nc1ccc2nn(C(F)C(F)F)cc2c1. The molecule has 15 heavy (non-hydrogen) atoms. The normalized spacial score (nSPS) is 13.6. The number of alkyl halides is 3. The van der Waals surface area contributed by atoms with Crippen LogP contribution in [0.4, 0.5) is 18.9 Å². The van der Waals surface area contributed by atoms with Crippen LogP contribution in [0.1, 0.15) is 6.30 Å². The fourth-order valence-electron chi connectivity index (χ4n) is 1.31. The summed E-state index contributed by atoms with van der Waals surface area (Å²) in [5.41, 5.74) is 6.41. The van der Waals surface area contributed by atoms with Gasteiger partial charge in [-0.2, -0.15) is 5.10 Å². The third-order valence-corrected chi connectivity index (χ3v) is 2.01. The maximum absolute atomic E-state index is 12.9. The lowest BCUT2D eigenvalue weighted by molar-refractivity contribution is 0.00118. The van der Waals surface area contributed by atoms with Gasteiger partial charge < -0.3 is 5.73 Å². The largest absolute Gasteiger partial charge is 0.399 e. The minimum Gasteiger partial charge on any atom is -0.399 e. The van der Waals surface area contributed by atoms with E-state index in [-0.39, 0.29) is 0 Å². The van der Waals surface area contributed by atoms with Crippen LogP contribution in [0.3, 0.4) is 0 Å². The molecule has 1 unspecified atom stereocenters. The van der Waals surface area contributed by atoms with E-state index < -0.39 is 12.7 Å². The Balaban J connectivity index is 2.47. The van der Waals surface area contributed by atoms with Gasteiger partial charge in [0.25, 0.3) is 12.7 Å². The number of anilines is 1. The molecule has 3 nitrogen and oxygen atoms in total. The molecule has 0 bridgehead atoms. The quantitative estimate of drug-likeness (QED) is 0.781. The van der Waals surface area contributed by atoms with Crippen LogP contribution in [0.2, 0.25) is 0 Å². The number of nitrogen functional groups attached to an aromatic ring is 1. The van der Waals surface area contributed by atoms with E-state index >= 15 is 0 Å². The molecule has 0 fully saturated rings. The van der Waals surface area contributed by atoms with Gasteiger partial charge in [-0.3, -0.25) is 0 Å². The van der Waals surface area contributed by atoms with Crippen LogP contribution in [-0.4, -0.2) is 16.2 Å². The second kappa shape index (κ2) is 3.45. The number of benzene rings is 1. The molecule has 1 aromatic heterocycles. The second-order valence-corrected chi connectivity index (χ2v) is 3.13. The Morgan fingerprint density at radius 2 is 2.00 bits per heavy atom. The minimum absolute atomic E-state index is 0.438. The maximum Gasteiger partial charge on any atom is 0.289 e. The highest BCUT2D eigenvalue weighted by atomic mass is 19.3. The van der Waals surface area contributed by atoms with Crippen molar-refractivity contribution in [1.82, 2.24) is 9.78 Å². The number of hydrogen-bond donors (Lipinski definition) is 1. The lowest BCUT2D eigenvalue weighted by Gasteiger charge is -2.05. The van der Waals surface area contributed by atoms with E-state index in [1.165, 1.54) is 6.20 Å². The third kappa shape index (κ3) is 1.74. The van der Waals surface area contributed by atoms with Gasteiger partial charge in [-0.1, -0.05) is 0 Å². The van der Waals surface area contributed by atoms with E-state index in [2.05, 4.69) is 5.10 Å². The summed E-state index contributed by atoms with van der Waals surface area (Å²) in [7, 11) is 0. The van der Waals surface area contributed by atoms with E-state index in [1.807, 2.05) is 0 Å². The van der Waals surface area contributed by atoms with Gasteiger partial charge in [-0.05, 0) is 18.2 Å². The summed E-state index contributed by atoms with van der Waals surface area (Å²) in [4.78, 5) is 0. The Bertz CT molecular complexity index is 480. The van der Waals surface area contributed by atoms with E-state index in [0.29, 0.717) is 21.3 Å². The Kier molecular flexibility index (Phi) is 2.26. The molecule has 2 N–H and O–H groups in total. The molecule has 80 valence electrons. The molecule has 1 heterocycles. The summed E-state index contributed by atoms with van der Waals surface area (Å²) >= 11 is 0. The molecule has 0 spiro atoms. The van der Waals surface area contributed by atoms with Crippen LogP contribution in [0.25, 0.3) is 10.9 Å². The molecular formula is C9H8F3N3. The average Bonchev–Trinajstić information content (AvgIpc) is 2.58. The molecule has 0 amide bonds. The van der Waals surface area contributed by atoms with Gasteiger partial charge in [0.15, 0.2) is 0 Å². The van der Waals surface area contributed by atoms with E-state index in [9.17, 15) is 13.2 Å². The highest BCUT2D eigenvalue weighted by Gasteiger charge is 2.22. The van der Waals surface area contributed by atoms with Crippen LogP contribution in [-0.2, 0) is 0 Å². The molecule has 0 saturated carbocycles. The zero-order chi connectivity index (χ0) is 11.0. The third-order valence-electron chi connectivity index (χ3n) is 2.01. The first kappa shape index (κ1) is 9.82. The van der Waals surface area contributed by atoms with Crippen LogP contribution >= 0.6 is 0 Å². The lowest BCUT2D eigenvalue weighted by atomic mass is 10.2. The van der Waals surface area contributed by atoms with Crippen molar-refractivity contribution in [2.24, 2.45) is 0 Å². The van der Waals surface area contributed by atoms with Gasteiger partial charge in [-0.15, -0.1) is 0 Å². The average molecular weight is 215 g/mol.